The van der Waals surface area contributed by atoms with Crippen molar-refractivity contribution in [3.05, 3.63) is 11.6 Å². The van der Waals surface area contributed by atoms with E-state index in [4.69, 9.17) is 4.74 Å². The van der Waals surface area contributed by atoms with Crippen LogP contribution < -0.4 is 0 Å². The summed E-state index contributed by atoms with van der Waals surface area (Å²) in [7, 11) is 0. The molecule has 0 aromatic rings. The topological polar surface area (TPSA) is 43.4 Å². The second kappa shape index (κ2) is 4.94. The molecular weight excluding hydrogens is 180 g/mol. The van der Waals surface area contributed by atoms with E-state index in [1.54, 1.807) is 6.92 Å². The number of allylic oxidation sites excluding steroid dienone is 1. The molecule has 0 amide bonds. The minimum absolute atomic E-state index is 0.0597. The third-order valence-corrected chi connectivity index (χ3v) is 2.43. The van der Waals surface area contributed by atoms with E-state index in [1.165, 1.54) is 6.08 Å². The Morgan fingerprint density at radius 2 is 2.36 bits per heavy atom. The standard InChI is InChI=1S/C11H16O3/c1-3-14-10(12)7-9-6-4-5-8(2)11(9)13/h7-8H,3-6H2,1-2H3/b9-7-. The first-order chi connectivity index (χ1) is 6.65. The van der Waals surface area contributed by atoms with Gasteiger partial charge >= 0.3 is 5.97 Å². The van der Waals surface area contributed by atoms with Crippen LogP contribution >= 0.6 is 0 Å². The van der Waals surface area contributed by atoms with Gasteiger partial charge in [0.1, 0.15) is 0 Å². The van der Waals surface area contributed by atoms with Gasteiger partial charge in [-0.3, -0.25) is 4.79 Å². The molecule has 0 spiro atoms. The summed E-state index contributed by atoms with van der Waals surface area (Å²) < 4.78 is 4.76. The van der Waals surface area contributed by atoms with Crippen LogP contribution in [0.1, 0.15) is 33.1 Å². The SMILES string of the molecule is CCOC(=O)/C=C1/CCCC(C)C1=O. The third-order valence-electron chi connectivity index (χ3n) is 2.43. The zero-order valence-electron chi connectivity index (χ0n) is 8.71. The highest BCUT2D eigenvalue weighted by Crippen LogP contribution is 2.24. The number of esters is 1. The minimum atomic E-state index is -0.398. The second-order valence-electron chi connectivity index (χ2n) is 3.58. The van der Waals surface area contributed by atoms with Crippen LogP contribution in [0.4, 0.5) is 0 Å². The molecule has 1 fully saturated rings. The summed E-state index contributed by atoms with van der Waals surface area (Å²) in [4.78, 5) is 22.7. The van der Waals surface area contributed by atoms with Gasteiger partial charge in [-0.2, -0.15) is 0 Å². The van der Waals surface area contributed by atoms with Gasteiger partial charge in [0.15, 0.2) is 5.78 Å². The number of carbonyl (C=O) groups is 2. The van der Waals surface area contributed by atoms with Gasteiger partial charge < -0.3 is 4.74 Å². The van der Waals surface area contributed by atoms with E-state index in [2.05, 4.69) is 0 Å². The van der Waals surface area contributed by atoms with E-state index >= 15 is 0 Å². The molecule has 0 heterocycles. The molecule has 1 aliphatic carbocycles. The van der Waals surface area contributed by atoms with Crippen LogP contribution in [0.2, 0.25) is 0 Å². The lowest BCUT2D eigenvalue weighted by Gasteiger charge is -2.18. The van der Waals surface area contributed by atoms with Crippen LogP contribution in [-0.2, 0) is 14.3 Å². The maximum Gasteiger partial charge on any atom is 0.331 e. The molecule has 0 aromatic heterocycles. The van der Waals surface area contributed by atoms with E-state index in [-0.39, 0.29) is 11.7 Å². The lowest BCUT2D eigenvalue weighted by Crippen LogP contribution is -2.20. The average molecular weight is 196 g/mol. The van der Waals surface area contributed by atoms with E-state index < -0.39 is 5.97 Å². The number of ketones is 1. The molecule has 0 saturated heterocycles. The zero-order valence-corrected chi connectivity index (χ0v) is 8.71. The molecule has 14 heavy (non-hydrogen) atoms. The number of hydrogen-bond donors (Lipinski definition) is 0. The van der Waals surface area contributed by atoms with Gasteiger partial charge in [0.05, 0.1) is 6.61 Å². The maximum absolute atomic E-state index is 11.6. The molecule has 78 valence electrons. The van der Waals surface area contributed by atoms with Crippen LogP contribution in [0, 0.1) is 5.92 Å². The van der Waals surface area contributed by atoms with Gasteiger partial charge in [0, 0.05) is 17.6 Å². The fourth-order valence-electron chi connectivity index (χ4n) is 1.64. The summed E-state index contributed by atoms with van der Waals surface area (Å²) >= 11 is 0. The summed E-state index contributed by atoms with van der Waals surface area (Å²) in [5, 5.41) is 0. The first kappa shape index (κ1) is 11.0. The molecule has 1 rings (SSSR count). The number of carbonyl (C=O) groups excluding carboxylic acids is 2. The van der Waals surface area contributed by atoms with Crippen molar-refractivity contribution in [1.29, 1.82) is 0 Å². The highest BCUT2D eigenvalue weighted by Gasteiger charge is 2.23. The van der Waals surface area contributed by atoms with E-state index in [0.29, 0.717) is 18.6 Å². The molecule has 1 atom stereocenters. The van der Waals surface area contributed by atoms with Gasteiger partial charge in [0.2, 0.25) is 0 Å². The van der Waals surface area contributed by atoms with Gasteiger partial charge in [-0.1, -0.05) is 6.92 Å². The summed E-state index contributed by atoms with van der Waals surface area (Å²) in [5.74, 6) is -0.237. The normalized spacial score (nSPS) is 25.1. The Balaban J connectivity index is 2.66. The fraction of sp³-hybridized carbons (Fsp3) is 0.636. The summed E-state index contributed by atoms with van der Waals surface area (Å²) in [6, 6.07) is 0. The highest BCUT2D eigenvalue weighted by atomic mass is 16.5. The Labute approximate surface area is 84.1 Å². The second-order valence-corrected chi connectivity index (χ2v) is 3.58. The Bertz CT molecular complexity index is 266. The van der Waals surface area contributed by atoms with Gasteiger partial charge in [0.25, 0.3) is 0 Å². The number of hydrogen-bond acceptors (Lipinski definition) is 3. The molecule has 1 unspecified atom stereocenters. The van der Waals surface area contributed by atoms with Crippen LogP contribution in [0.5, 0.6) is 0 Å². The van der Waals surface area contributed by atoms with Crippen molar-refractivity contribution in [2.24, 2.45) is 5.92 Å². The first-order valence-electron chi connectivity index (χ1n) is 5.06. The van der Waals surface area contributed by atoms with Crippen LogP contribution in [0.25, 0.3) is 0 Å². The largest absolute Gasteiger partial charge is 0.463 e. The molecule has 0 N–H and O–H groups in total. The molecule has 0 aromatic carbocycles. The molecular formula is C11H16O3. The number of ether oxygens (including phenoxy) is 1. The van der Waals surface area contributed by atoms with E-state index in [9.17, 15) is 9.59 Å². The van der Waals surface area contributed by atoms with Crippen molar-refractivity contribution >= 4 is 11.8 Å². The maximum atomic E-state index is 11.6. The molecule has 1 aliphatic rings. The van der Waals surface area contributed by atoms with E-state index in [1.807, 2.05) is 6.92 Å². The van der Waals surface area contributed by atoms with Crippen molar-refractivity contribution < 1.29 is 14.3 Å². The predicted octanol–water partition coefficient (Wildman–Crippen LogP) is 1.86. The molecule has 0 bridgehead atoms. The van der Waals surface area contributed by atoms with Crippen LogP contribution in [0.15, 0.2) is 11.6 Å². The van der Waals surface area contributed by atoms with Crippen molar-refractivity contribution in [1.82, 2.24) is 0 Å². The number of Topliss-reactive ketones (excluding diaryl/α,β-unsaturated/α-hetero) is 1. The van der Waals surface area contributed by atoms with Crippen molar-refractivity contribution in [2.75, 3.05) is 6.61 Å². The van der Waals surface area contributed by atoms with Crippen LogP contribution in [-0.4, -0.2) is 18.4 Å². The van der Waals surface area contributed by atoms with Crippen molar-refractivity contribution in [2.45, 2.75) is 33.1 Å². The number of rotatable bonds is 2. The Hall–Kier alpha value is -1.12. The summed E-state index contributed by atoms with van der Waals surface area (Å²) in [6.45, 7) is 4.01. The quantitative estimate of drug-likeness (QED) is 0.500. The van der Waals surface area contributed by atoms with Crippen LogP contribution in [0.3, 0.4) is 0 Å². The average Bonchev–Trinajstić information content (AvgIpc) is 2.13. The Morgan fingerprint density at radius 1 is 1.64 bits per heavy atom. The molecule has 0 radical (unpaired) electrons. The molecule has 0 aliphatic heterocycles. The fourth-order valence-corrected chi connectivity index (χ4v) is 1.64. The Morgan fingerprint density at radius 3 is 3.00 bits per heavy atom. The van der Waals surface area contributed by atoms with Gasteiger partial charge in [-0.05, 0) is 26.2 Å². The monoisotopic (exact) mass is 196 g/mol. The van der Waals surface area contributed by atoms with Gasteiger partial charge in [-0.25, -0.2) is 4.79 Å². The van der Waals surface area contributed by atoms with Crippen molar-refractivity contribution in [3.8, 4) is 0 Å². The Kier molecular flexibility index (Phi) is 3.86. The zero-order chi connectivity index (χ0) is 10.6. The molecule has 1 saturated carbocycles. The molecule has 3 nitrogen and oxygen atoms in total. The summed E-state index contributed by atoms with van der Waals surface area (Å²) in [5.41, 5.74) is 0.627. The lowest BCUT2D eigenvalue weighted by molar-refractivity contribution is -0.137. The lowest BCUT2D eigenvalue weighted by atomic mass is 9.85. The highest BCUT2D eigenvalue weighted by molar-refractivity contribution is 6.02. The predicted molar refractivity (Wildman–Crippen MR) is 52.7 cm³/mol. The first-order valence-corrected chi connectivity index (χ1v) is 5.06. The van der Waals surface area contributed by atoms with Gasteiger partial charge in [-0.15, -0.1) is 0 Å². The third kappa shape index (κ3) is 2.69. The smallest absolute Gasteiger partial charge is 0.331 e. The van der Waals surface area contributed by atoms with Crippen molar-refractivity contribution in [3.63, 3.8) is 0 Å². The molecule has 3 heteroatoms. The summed E-state index contributed by atoms with van der Waals surface area (Å²) in [6.07, 6.45) is 3.97. The van der Waals surface area contributed by atoms with E-state index in [0.717, 1.165) is 12.8 Å². The minimum Gasteiger partial charge on any atom is -0.463 e.